The van der Waals surface area contributed by atoms with Crippen LogP contribution in [-0.2, 0) is 29.6 Å². The molecule has 0 aromatic heterocycles. The van der Waals surface area contributed by atoms with Gasteiger partial charge in [-0.1, -0.05) is 13.0 Å². The molecule has 1 atom stereocenters. The van der Waals surface area contributed by atoms with Gasteiger partial charge in [0, 0.05) is 47.4 Å². The van der Waals surface area contributed by atoms with E-state index in [0.29, 0.717) is 21.8 Å². The molecule has 208 valence electrons. The Morgan fingerprint density at radius 2 is 1.56 bits per heavy atom. The van der Waals surface area contributed by atoms with Crippen LogP contribution in [0.5, 0.6) is 23.0 Å². The number of anilines is 1. The number of amides is 3. The molecule has 11 nitrogen and oxygen atoms in total. The molecule has 3 aliphatic heterocycles. The quantitative estimate of drug-likeness (QED) is 0.231. The number of aromatic hydroxyl groups is 2. The number of hydrogen-bond acceptors (Lipinski definition) is 10. The normalized spacial score (nSPS) is 16.8. The standard InChI is InChI=1S/C29H22N2O9S/c1-2-17(28(41)40-31-24(34)9-10-25(31)35)26(36)30-14-3-6-19-18(11-14)27(37)39-29(19)20-7-4-15(32)12-22(20)38-23-13-16(33)5-8-21(23)29/h3-8,11-13,17,32-33H,2,9-10H2,1H3,(H,30,36). The van der Waals surface area contributed by atoms with Crippen molar-refractivity contribution in [1.29, 1.82) is 0 Å². The number of carbonyl (C=O) groups is 4. The molecule has 3 aromatic carbocycles. The van der Waals surface area contributed by atoms with Gasteiger partial charge in [0.15, 0.2) is 5.60 Å². The summed E-state index contributed by atoms with van der Waals surface area (Å²) in [5.41, 5.74) is 0.438. The molecule has 0 radical (unpaired) electrons. The van der Waals surface area contributed by atoms with E-state index in [-0.39, 0.29) is 58.6 Å². The molecule has 12 heteroatoms. The maximum absolute atomic E-state index is 13.3. The van der Waals surface area contributed by atoms with Gasteiger partial charge in [0.1, 0.15) is 28.9 Å². The monoisotopic (exact) mass is 574 g/mol. The van der Waals surface area contributed by atoms with Crippen molar-refractivity contribution >= 4 is 46.6 Å². The number of ether oxygens (including phenoxy) is 2. The van der Waals surface area contributed by atoms with Gasteiger partial charge in [-0.3, -0.25) is 14.4 Å². The number of esters is 1. The van der Waals surface area contributed by atoms with Crippen LogP contribution in [0.15, 0.2) is 54.6 Å². The van der Waals surface area contributed by atoms with Crippen LogP contribution in [0.25, 0.3) is 0 Å². The van der Waals surface area contributed by atoms with Gasteiger partial charge in [-0.05, 0) is 55.0 Å². The number of phenolic OH excluding ortho intramolecular Hbond substituents is 2. The van der Waals surface area contributed by atoms with Gasteiger partial charge < -0.3 is 29.8 Å². The second kappa shape index (κ2) is 9.59. The summed E-state index contributed by atoms with van der Waals surface area (Å²) < 4.78 is 12.0. The van der Waals surface area contributed by atoms with E-state index < -0.39 is 35.2 Å². The second-order valence-electron chi connectivity index (χ2n) is 9.74. The summed E-state index contributed by atoms with van der Waals surface area (Å²) in [6.45, 7) is 1.70. The Balaban J connectivity index is 1.33. The zero-order valence-corrected chi connectivity index (χ0v) is 22.3. The first-order valence-electron chi connectivity index (χ1n) is 12.7. The zero-order chi connectivity index (χ0) is 29.1. The van der Waals surface area contributed by atoms with Gasteiger partial charge in [0.25, 0.3) is 11.8 Å². The number of imide groups is 1. The molecule has 6 rings (SSSR count). The van der Waals surface area contributed by atoms with Gasteiger partial charge in [0.05, 0.1) is 5.56 Å². The molecule has 41 heavy (non-hydrogen) atoms. The highest BCUT2D eigenvalue weighted by molar-refractivity contribution is 7.80. The highest BCUT2D eigenvalue weighted by Gasteiger charge is 2.53. The van der Waals surface area contributed by atoms with Crippen LogP contribution in [-0.4, -0.2) is 44.0 Å². The highest BCUT2D eigenvalue weighted by Crippen LogP contribution is 2.57. The number of hydrogen-bond donors (Lipinski definition) is 3. The summed E-state index contributed by atoms with van der Waals surface area (Å²) in [6.07, 6.45) is 0.255. The van der Waals surface area contributed by atoms with E-state index in [2.05, 4.69) is 5.32 Å². The van der Waals surface area contributed by atoms with Crippen LogP contribution in [0.1, 0.15) is 53.2 Å². The van der Waals surface area contributed by atoms with Gasteiger partial charge in [-0.15, -0.1) is 5.06 Å². The van der Waals surface area contributed by atoms with E-state index in [9.17, 15) is 29.4 Å². The van der Waals surface area contributed by atoms with Crippen molar-refractivity contribution in [3.05, 3.63) is 76.9 Å². The number of benzene rings is 3. The van der Waals surface area contributed by atoms with Crippen molar-refractivity contribution in [2.75, 3.05) is 5.32 Å². The molecule has 3 heterocycles. The van der Waals surface area contributed by atoms with Crippen LogP contribution in [0.2, 0.25) is 0 Å². The molecule has 3 aromatic rings. The molecule has 1 spiro atoms. The number of fused-ring (bicyclic) bond motifs is 6. The largest absolute Gasteiger partial charge is 0.508 e. The Kier molecular flexibility index (Phi) is 6.14. The van der Waals surface area contributed by atoms with Crippen molar-refractivity contribution in [3.63, 3.8) is 0 Å². The average molecular weight is 575 g/mol. The molecule has 0 bridgehead atoms. The second-order valence-corrected chi connectivity index (χ2v) is 10.1. The van der Waals surface area contributed by atoms with Crippen LogP contribution in [0.3, 0.4) is 0 Å². The third-order valence-electron chi connectivity index (χ3n) is 7.24. The first-order valence-corrected chi connectivity index (χ1v) is 13.1. The minimum absolute atomic E-state index is 0.0144. The number of hydroxylamine groups is 2. The third-order valence-corrected chi connectivity index (χ3v) is 7.60. The number of nitrogens with zero attached hydrogens (tertiary/aromatic N) is 1. The lowest BCUT2D eigenvalue weighted by Crippen LogP contribution is -2.37. The Hall–Kier alpha value is -4.97. The summed E-state index contributed by atoms with van der Waals surface area (Å²) in [6, 6.07) is 13.6. The van der Waals surface area contributed by atoms with Gasteiger partial charge >= 0.3 is 5.97 Å². The first-order chi connectivity index (χ1) is 19.6. The lowest BCUT2D eigenvalue weighted by atomic mass is 9.77. The van der Waals surface area contributed by atoms with Crippen molar-refractivity contribution in [2.24, 2.45) is 5.92 Å². The molecular weight excluding hydrogens is 552 g/mol. The third kappa shape index (κ3) is 4.14. The average Bonchev–Trinajstić information content (AvgIpc) is 3.39. The lowest BCUT2D eigenvalue weighted by Gasteiger charge is -2.36. The summed E-state index contributed by atoms with van der Waals surface area (Å²) >= 11 is 5.23. The molecular formula is C29H22N2O9S. The smallest absolute Gasteiger partial charge is 0.340 e. The van der Waals surface area contributed by atoms with Crippen LogP contribution in [0, 0.1) is 5.92 Å². The maximum atomic E-state index is 13.3. The molecule has 3 aliphatic rings. The zero-order valence-electron chi connectivity index (χ0n) is 21.5. The fraction of sp³-hybridized carbons (Fsp3) is 0.207. The molecule has 3 N–H and O–H groups in total. The van der Waals surface area contributed by atoms with E-state index in [4.69, 9.17) is 26.5 Å². The number of rotatable bonds is 5. The van der Waals surface area contributed by atoms with Crippen molar-refractivity contribution < 1.29 is 43.7 Å². The van der Waals surface area contributed by atoms with E-state index in [1.165, 1.54) is 30.3 Å². The van der Waals surface area contributed by atoms with Crippen molar-refractivity contribution in [3.8, 4) is 23.0 Å². The molecule has 1 saturated heterocycles. The van der Waals surface area contributed by atoms with Crippen molar-refractivity contribution in [2.45, 2.75) is 31.8 Å². The van der Waals surface area contributed by atoms with E-state index in [1.54, 1.807) is 31.2 Å². The SMILES string of the molecule is CCC(C(=O)Nc1ccc2c(c1)C(=O)OC21c2ccc(O)cc2Oc2cc(O)ccc21)C(=S)ON1C(=O)CCC1=O. The molecule has 1 unspecified atom stereocenters. The Morgan fingerprint density at radius 1 is 0.976 bits per heavy atom. The summed E-state index contributed by atoms with van der Waals surface area (Å²) in [5.74, 6) is -2.86. The van der Waals surface area contributed by atoms with Crippen LogP contribution in [0.4, 0.5) is 5.69 Å². The van der Waals surface area contributed by atoms with Gasteiger partial charge in [-0.2, -0.15) is 0 Å². The number of nitrogens with one attached hydrogen (secondary N) is 1. The number of thiocarbonyl (C=S) groups is 1. The van der Waals surface area contributed by atoms with E-state index >= 15 is 0 Å². The number of carbonyl (C=O) groups excluding carboxylic acids is 4. The lowest BCUT2D eigenvalue weighted by molar-refractivity contribution is -0.167. The fourth-order valence-corrected chi connectivity index (χ4v) is 5.63. The van der Waals surface area contributed by atoms with E-state index in [0.717, 1.165) is 0 Å². The molecule has 1 fully saturated rings. The minimum atomic E-state index is -1.44. The van der Waals surface area contributed by atoms with Crippen molar-refractivity contribution in [1.82, 2.24) is 5.06 Å². The molecule has 0 saturated carbocycles. The topological polar surface area (TPSA) is 152 Å². The summed E-state index contributed by atoms with van der Waals surface area (Å²) in [5, 5.41) is 23.2. The van der Waals surface area contributed by atoms with Gasteiger partial charge in [-0.25, -0.2) is 4.79 Å². The molecule has 3 amide bonds. The Bertz CT molecular complexity index is 1620. The minimum Gasteiger partial charge on any atom is -0.508 e. The van der Waals surface area contributed by atoms with E-state index in [1.807, 2.05) is 0 Å². The maximum Gasteiger partial charge on any atom is 0.340 e. The Labute approximate surface area is 238 Å². The predicted molar refractivity (Wildman–Crippen MR) is 145 cm³/mol. The summed E-state index contributed by atoms with van der Waals surface area (Å²) in [7, 11) is 0. The summed E-state index contributed by atoms with van der Waals surface area (Å²) in [4.78, 5) is 55.5. The van der Waals surface area contributed by atoms with Crippen LogP contribution >= 0.6 is 12.2 Å². The Morgan fingerprint density at radius 3 is 2.15 bits per heavy atom. The van der Waals surface area contributed by atoms with Crippen LogP contribution < -0.4 is 10.1 Å². The highest BCUT2D eigenvalue weighted by atomic mass is 32.1. The van der Waals surface area contributed by atoms with Gasteiger partial charge in [0.2, 0.25) is 11.0 Å². The number of phenols is 2. The fourth-order valence-electron chi connectivity index (χ4n) is 5.28. The first kappa shape index (κ1) is 26.3. The predicted octanol–water partition coefficient (Wildman–Crippen LogP) is 4.04. The molecule has 0 aliphatic carbocycles.